The summed E-state index contributed by atoms with van der Waals surface area (Å²) in [4.78, 5) is 2.45. The summed E-state index contributed by atoms with van der Waals surface area (Å²) in [6.45, 7) is 5.56. The molecule has 1 heterocycles. The fourth-order valence-electron chi connectivity index (χ4n) is 1.97. The molecule has 0 atom stereocenters. The number of nitrogen functional groups attached to an aromatic ring is 1. The molecule has 1 aliphatic heterocycles. The normalized spacial score (nSPS) is 17.0. The first-order chi connectivity index (χ1) is 6.31. The van der Waals surface area contributed by atoms with Gasteiger partial charge in [0.2, 0.25) is 0 Å². The number of hydrogen-bond donors (Lipinski definition) is 1. The number of likely N-dealkylation sites (N-methyl/N-ethyl adjacent to an activating group) is 1. The highest BCUT2D eigenvalue weighted by Crippen LogP contribution is 2.23. The quantitative estimate of drug-likeness (QED) is 0.659. The zero-order valence-electron chi connectivity index (χ0n) is 8.09. The van der Waals surface area contributed by atoms with Crippen molar-refractivity contribution in [2.75, 3.05) is 18.8 Å². The number of fused-ring (bicyclic) bond motifs is 1. The van der Waals surface area contributed by atoms with E-state index in [0.717, 1.165) is 31.7 Å². The summed E-state index contributed by atoms with van der Waals surface area (Å²) >= 11 is 0. The molecule has 0 bridgehead atoms. The first-order valence-electron chi connectivity index (χ1n) is 4.90. The summed E-state index contributed by atoms with van der Waals surface area (Å²) in [7, 11) is 0. The lowest BCUT2D eigenvalue weighted by atomic mass is 9.98. The zero-order chi connectivity index (χ0) is 9.26. The maximum Gasteiger partial charge on any atom is 0.0350 e. The van der Waals surface area contributed by atoms with E-state index in [1.165, 1.54) is 11.1 Å². The SMILES string of the molecule is CCN1CCc2c(N)cccc2C1. The van der Waals surface area contributed by atoms with Crippen LogP contribution in [-0.4, -0.2) is 18.0 Å². The van der Waals surface area contributed by atoms with E-state index in [1.54, 1.807) is 0 Å². The maximum absolute atomic E-state index is 5.91. The maximum atomic E-state index is 5.91. The zero-order valence-corrected chi connectivity index (χ0v) is 8.09. The molecule has 0 fully saturated rings. The number of rotatable bonds is 1. The number of anilines is 1. The van der Waals surface area contributed by atoms with Gasteiger partial charge < -0.3 is 5.73 Å². The van der Waals surface area contributed by atoms with Crippen LogP contribution in [0.25, 0.3) is 0 Å². The minimum absolute atomic E-state index is 0.966. The van der Waals surface area contributed by atoms with Crippen LogP contribution in [0, 0.1) is 0 Å². The second-order valence-electron chi connectivity index (χ2n) is 3.60. The first-order valence-corrected chi connectivity index (χ1v) is 4.90. The van der Waals surface area contributed by atoms with Gasteiger partial charge in [-0.05, 0) is 30.2 Å². The Bertz CT molecular complexity index is 307. The van der Waals surface area contributed by atoms with Crippen LogP contribution in [0.2, 0.25) is 0 Å². The lowest BCUT2D eigenvalue weighted by Gasteiger charge is -2.28. The Morgan fingerprint density at radius 1 is 1.46 bits per heavy atom. The smallest absolute Gasteiger partial charge is 0.0350 e. The molecule has 2 heteroatoms. The molecule has 2 nitrogen and oxygen atoms in total. The predicted octanol–water partition coefficient (Wildman–Crippen LogP) is 1.65. The van der Waals surface area contributed by atoms with Gasteiger partial charge in [0.15, 0.2) is 0 Å². The molecule has 1 aromatic carbocycles. The predicted molar refractivity (Wildman–Crippen MR) is 55.5 cm³/mol. The van der Waals surface area contributed by atoms with Crippen molar-refractivity contribution in [2.45, 2.75) is 19.9 Å². The highest BCUT2D eigenvalue weighted by molar-refractivity contribution is 5.51. The number of nitrogens with two attached hydrogens (primary N) is 1. The van der Waals surface area contributed by atoms with Crippen molar-refractivity contribution in [1.29, 1.82) is 0 Å². The summed E-state index contributed by atoms with van der Waals surface area (Å²) in [6, 6.07) is 6.24. The van der Waals surface area contributed by atoms with E-state index in [0.29, 0.717) is 0 Å². The Hall–Kier alpha value is -1.02. The minimum atomic E-state index is 0.966. The van der Waals surface area contributed by atoms with Crippen LogP contribution < -0.4 is 5.73 Å². The molecule has 0 spiro atoms. The van der Waals surface area contributed by atoms with Gasteiger partial charge >= 0.3 is 0 Å². The van der Waals surface area contributed by atoms with Crippen molar-refractivity contribution < 1.29 is 0 Å². The van der Waals surface area contributed by atoms with Crippen LogP contribution in [0.1, 0.15) is 18.1 Å². The van der Waals surface area contributed by atoms with Crippen molar-refractivity contribution >= 4 is 5.69 Å². The molecule has 70 valence electrons. The first kappa shape index (κ1) is 8.57. The Labute approximate surface area is 79.4 Å². The Balaban J connectivity index is 2.31. The number of hydrogen-bond acceptors (Lipinski definition) is 2. The third-order valence-electron chi connectivity index (χ3n) is 2.83. The van der Waals surface area contributed by atoms with E-state index < -0.39 is 0 Å². The van der Waals surface area contributed by atoms with Crippen molar-refractivity contribution in [3.8, 4) is 0 Å². The molecular formula is C11H16N2. The molecule has 0 saturated heterocycles. The highest BCUT2D eigenvalue weighted by atomic mass is 15.1. The standard InChI is InChI=1S/C11H16N2/c1-2-13-7-6-10-9(8-13)4-3-5-11(10)12/h3-5H,2,6-8,12H2,1H3. The van der Waals surface area contributed by atoms with E-state index >= 15 is 0 Å². The fraction of sp³-hybridized carbons (Fsp3) is 0.455. The molecule has 0 aromatic heterocycles. The summed E-state index contributed by atoms with van der Waals surface area (Å²) in [5.41, 5.74) is 9.65. The molecule has 2 N–H and O–H groups in total. The topological polar surface area (TPSA) is 29.3 Å². The molecule has 1 aromatic rings. The molecule has 0 unspecified atom stereocenters. The summed E-state index contributed by atoms with van der Waals surface area (Å²) in [6.07, 6.45) is 1.11. The molecular weight excluding hydrogens is 160 g/mol. The van der Waals surface area contributed by atoms with Crippen molar-refractivity contribution in [2.24, 2.45) is 0 Å². The summed E-state index contributed by atoms with van der Waals surface area (Å²) in [5, 5.41) is 0. The number of benzene rings is 1. The minimum Gasteiger partial charge on any atom is -0.398 e. The fourth-order valence-corrected chi connectivity index (χ4v) is 1.97. The molecule has 1 aliphatic rings. The van der Waals surface area contributed by atoms with Gasteiger partial charge in [0, 0.05) is 18.8 Å². The molecule has 0 amide bonds. The van der Waals surface area contributed by atoms with Crippen LogP contribution in [0.4, 0.5) is 5.69 Å². The lowest BCUT2D eigenvalue weighted by molar-refractivity contribution is 0.268. The number of nitrogens with zero attached hydrogens (tertiary/aromatic N) is 1. The van der Waals surface area contributed by atoms with Crippen LogP contribution >= 0.6 is 0 Å². The van der Waals surface area contributed by atoms with Gasteiger partial charge in [-0.15, -0.1) is 0 Å². The second-order valence-corrected chi connectivity index (χ2v) is 3.60. The van der Waals surface area contributed by atoms with Gasteiger partial charge in [0.1, 0.15) is 0 Å². The van der Waals surface area contributed by atoms with Crippen LogP contribution in [0.15, 0.2) is 18.2 Å². The van der Waals surface area contributed by atoms with Gasteiger partial charge in [-0.2, -0.15) is 0 Å². The Morgan fingerprint density at radius 2 is 2.31 bits per heavy atom. The summed E-state index contributed by atoms with van der Waals surface area (Å²) in [5.74, 6) is 0. The van der Waals surface area contributed by atoms with Gasteiger partial charge in [-0.1, -0.05) is 19.1 Å². The van der Waals surface area contributed by atoms with E-state index in [9.17, 15) is 0 Å². The molecule has 2 rings (SSSR count). The van der Waals surface area contributed by atoms with E-state index in [1.807, 2.05) is 12.1 Å². The van der Waals surface area contributed by atoms with Crippen LogP contribution in [0.3, 0.4) is 0 Å². The van der Waals surface area contributed by atoms with Gasteiger partial charge in [0.05, 0.1) is 0 Å². The summed E-state index contributed by atoms with van der Waals surface area (Å²) < 4.78 is 0. The largest absolute Gasteiger partial charge is 0.398 e. The lowest BCUT2D eigenvalue weighted by Crippen LogP contribution is -2.30. The van der Waals surface area contributed by atoms with E-state index in [4.69, 9.17) is 5.73 Å². The highest BCUT2D eigenvalue weighted by Gasteiger charge is 2.15. The Kier molecular flexibility index (Phi) is 2.23. The van der Waals surface area contributed by atoms with Crippen LogP contribution in [-0.2, 0) is 13.0 Å². The van der Waals surface area contributed by atoms with Gasteiger partial charge in [0.25, 0.3) is 0 Å². The third kappa shape index (κ3) is 1.54. The van der Waals surface area contributed by atoms with E-state index in [2.05, 4.69) is 17.9 Å². The van der Waals surface area contributed by atoms with E-state index in [-0.39, 0.29) is 0 Å². The van der Waals surface area contributed by atoms with Gasteiger partial charge in [-0.25, -0.2) is 0 Å². The second kappa shape index (κ2) is 3.38. The molecule has 13 heavy (non-hydrogen) atoms. The van der Waals surface area contributed by atoms with Crippen molar-refractivity contribution in [3.05, 3.63) is 29.3 Å². The third-order valence-corrected chi connectivity index (χ3v) is 2.83. The molecule has 0 aliphatic carbocycles. The molecule has 0 radical (unpaired) electrons. The van der Waals surface area contributed by atoms with Crippen LogP contribution in [0.5, 0.6) is 0 Å². The average molecular weight is 176 g/mol. The monoisotopic (exact) mass is 176 g/mol. The van der Waals surface area contributed by atoms with Gasteiger partial charge in [-0.3, -0.25) is 4.90 Å². The molecule has 0 saturated carbocycles. The average Bonchev–Trinajstić information content (AvgIpc) is 2.18. The van der Waals surface area contributed by atoms with Crippen molar-refractivity contribution in [1.82, 2.24) is 4.90 Å². The Morgan fingerprint density at radius 3 is 3.08 bits per heavy atom. The van der Waals surface area contributed by atoms with Crippen molar-refractivity contribution in [3.63, 3.8) is 0 Å².